The summed E-state index contributed by atoms with van der Waals surface area (Å²) in [4.78, 5) is 0. The van der Waals surface area contributed by atoms with Gasteiger partial charge in [0.05, 0.1) is 22.3 Å². The summed E-state index contributed by atoms with van der Waals surface area (Å²) in [5.74, 6) is 0.815. The second-order valence-corrected chi connectivity index (χ2v) is 9.11. The Morgan fingerprint density at radius 2 is 1.14 bits per heavy atom. The van der Waals surface area contributed by atoms with Crippen molar-refractivity contribution in [3.8, 4) is 5.69 Å². The first-order valence-electron chi connectivity index (χ1n) is 10.7. The van der Waals surface area contributed by atoms with E-state index in [2.05, 4.69) is 105 Å². The van der Waals surface area contributed by atoms with Gasteiger partial charge in [-0.25, -0.2) is 0 Å². The lowest BCUT2D eigenvalue weighted by Gasteiger charge is -2.34. The van der Waals surface area contributed by atoms with E-state index in [1.807, 2.05) is 0 Å². The second kappa shape index (κ2) is 7.68. The maximum Gasteiger partial charge on any atom is 0.0921 e. The molecule has 2 nitrogen and oxygen atoms in total. The van der Waals surface area contributed by atoms with Gasteiger partial charge in [0.2, 0.25) is 0 Å². The van der Waals surface area contributed by atoms with Gasteiger partial charge in [0, 0.05) is 16.3 Å². The zero-order chi connectivity index (χ0) is 20.6. The van der Waals surface area contributed by atoms with Crippen LogP contribution in [0.5, 0.6) is 0 Å². The molecule has 150 valence electrons. The number of para-hydroxylation sites is 3. The van der Waals surface area contributed by atoms with Gasteiger partial charge in [0.25, 0.3) is 0 Å². The number of rotatable bonds is 6. The van der Waals surface area contributed by atoms with Gasteiger partial charge in [-0.15, -0.1) is 0 Å². The topological polar surface area (TPSA) is 25.2 Å². The number of nitrogens with zero attached hydrogens (tertiary/aromatic N) is 1. The minimum atomic E-state index is -0.856. The number of benzene rings is 3. The predicted octanol–water partition coefficient (Wildman–Crippen LogP) is 7.06. The summed E-state index contributed by atoms with van der Waals surface area (Å²) in [7, 11) is 0. The van der Waals surface area contributed by atoms with E-state index in [9.17, 15) is 5.11 Å². The fraction of sp³-hybridized carbons (Fsp3) is 0.333. The number of aromatic nitrogens is 1. The van der Waals surface area contributed by atoms with Gasteiger partial charge in [-0.05, 0) is 42.9 Å². The Morgan fingerprint density at radius 3 is 1.66 bits per heavy atom. The third kappa shape index (κ3) is 3.58. The summed E-state index contributed by atoms with van der Waals surface area (Å²) in [5.41, 5.74) is 3.60. The number of fused-ring (bicyclic) bond motifs is 3. The first-order chi connectivity index (χ1) is 13.9. The molecule has 0 bridgehead atoms. The van der Waals surface area contributed by atoms with Gasteiger partial charge in [-0.2, -0.15) is 0 Å². The number of hydrogen-bond donors (Lipinski definition) is 1. The van der Waals surface area contributed by atoms with Crippen LogP contribution in [0.4, 0.5) is 0 Å². The van der Waals surface area contributed by atoms with Gasteiger partial charge in [0.1, 0.15) is 0 Å². The molecule has 0 amide bonds. The Hall–Kier alpha value is -2.58. The van der Waals surface area contributed by atoms with E-state index >= 15 is 0 Å². The van der Waals surface area contributed by atoms with Crippen molar-refractivity contribution in [1.82, 2.24) is 4.57 Å². The van der Waals surface area contributed by atoms with E-state index < -0.39 is 5.60 Å². The SMILES string of the molecule is CC(C)CC(O)(CC(C)C)c1ccccc1-n1c2ccccc2c2ccccc21. The highest BCUT2D eigenvalue weighted by molar-refractivity contribution is 6.09. The van der Waals surface area contributed by atoms with E-state index in [1.165, 1.54) is 21.8 Å². The first kappa shape index (κ1) is 19.7. The van der Waals surface area contributed by atoms with E-state index in [0.717, 1.165) is 24.1 Å². The Balaban J connectivity index is 2.03. The zero-order valence-corrected chi connectivity index (χ0v) is 17.9. The van der Waals surface area contributed by atoms with Crippen LogP contribution < -0.4 is 0 Å². The third-order valence-electron chi connectivity index (χ3n) is 5.72. The molecule has 0 aliphatic heterocycles. The van der Waals surface area contributed by atoms with Crippen LogP contribution in [-0.4, -0.2) is 9.67 Å². The smallest absolute Gasteiger partial charge is 0.0921 e. The highest BCUT2D eigenvalue weighted by Gasteiger charge is 2.34. The minimum Gasteiger partial charge on any atom is -0.385 e. The molecule has 4 aromatic rings. The molecule has 0 aliphatic carbocycles. The van der Waals surface area contributed by atoms with Gasteiger partial charge >= 0.3 is 0 Å². The number of aliphatic hydroxyl groups is 1. The zero-order valence-electron chi connectivity index (χ0n) is 17.9. The quantitative estimate of drug-likeness (QED) is 0.377. The molecule has 0 unspecified atom stereocenters. The highest BCUT2D eigenvalue weighted by Crippen LogP contribution is 2.40. The largest absolute Gasteiger partial charge is 0.385 e. The van der Waals surface area contributed by atoms with Crippen molar-refractivity contribution in [3.05, 3.63) is 78.4 Å². The van der Waals surface area contributed by atoms with Crippen molar-refractivity contribution < 1.29 is 5.11 Å². The molecule has 0 atom stereocenters. The average molecular weight is 386 g/mol. The normalized spacial score (nSPS) is 12.5. The van der Waals surface area contributed by atoms with E-state index in [4.69, 9.17) is 0 Å². The van der Waals surface area contributed by atoms with Crippen molar-refractivity contribution >= 4 is 21.8 Å². The molecule has 0 fully saturated rings. The molecule has 0 aliphatic rings. The van der Waals surface area contributed by atoms with Crippen LogP contribution in [0.3, 0.4) is 0 Å². The van der Waals surface area contributed by atoms with E-state index in [0.29, 0.717) is 11.8 Å². The molecule has 1 aromatic heterocycles. The van der Waals surface area contributed by atoms with Crippen LogP contribution in [0.1, 0.15) is 46.1 Å². The van der Waals surface area contributed by atoms with Crippen molar-refractivity contribution in [3.63, 3.8) is 0 Å². The lowest BCUT2D eigenvalue weighted by atomic mass is 9.79. The number of hydrogen-bond acceptors (Lipinski definition) is 1. The van der Waals surface area contributed by atoms with Crippen molar-refractivity contribution in [2.75, 3.05) is 0 Å². The standard InChI is InChI=1S/C27H31NO/c1-19(2)17-27(29,18-20(3)4)23-13-7-10-16-26(23)28-24-14-8-5-11-21(24)22-12-6-9-15-25(22)28/h5-16,19-20,29H,17-18H2,1-4H3. The maximum atomic E-state index is 11.9. The van der Waals surface area contributed by atoms with Crippen LogP contribution in [0.15, 0.2) is 72.8 Å². The summed E-state index contributed by atoms with van der Waals surface area (Å²) in [6.45, 7) is 8.76. The Bertz CT molecular complexity index is 1070. The molecule has 0 saturated carbocycles. The summed E-state index contributed by atoms with van der Waals surface area (Å²) >= 11 is 0. The van der Waals surface area contributed by atoms with Crippen molar-refractivity contribution in [2.24, 2.45) is 11.8 Å². The molecule has 0 spiro atoms. The predicted molar refractivity (Wildman–Crippen MR) is 124 cm³/mol. The molecular weight excluding hydrogens is 354 g/mol. The molecule has 0 radical (unpaired) electrons. The molecule has 0 saturated heterocycles. The van der Waals surface area contributed by atoms with Crippen LogP contribution in [0.25, 0.3) is 27.5 Å². The summed E-state index contributed by atoms with van der Waals surface area (Å²) < 4.78 is 2.33. The first-order valence-corrected chi connectivity index (χ1v) is 10.7. The van der Waals surface area contributed by atoms with Crippen molar-refractivity contribution in [2.45, 2.75) is 46.1 Å². The molecule has 1 N–H and O–H groups in total. The summed E-state index contributed by atoms with van der Waals surface area (Å²) in [5, 5.41) is 14.4. The van der Waals surface area contributed by atoms with Gasteiger partial charge in [-0.1, -0.05) is 82.3 Å². The third-order valence-corrected chi connectivity index (χ3v) is 5.72. The highest BCUT2D eigenvalue weighted by atomic mass is 16.3. The van der Waals surface area contributed by atoms with E-state index in [1.54, 1.807) is 0 Å². The van der Waals surface area contributed by atoms with Gasteiger partial charge in [0.15, 0.2) is 0 Å². The van der Waals surface area contributed by atoms with Crippen molar-refractivity contribution in [1.29, 1.82) is 0 Å². The average Bonchev–Trinajstić information content (AvgIpc) is 3.01. The minimum absolute atomic E-state index is 0.407. The van der Waals surface area contributed by atoms with Crippen LogP contribution in [0.2, 0.25) is 0 Å². The fourth-order valence-corrected chi connectivity index (χ4v) is 4.90. The van der Waals surface area contributed by atoms with Crippen LogP contribution in [0, 0.1) is 11.8 Å². The Labute approximate surface area is 173 Å². The summed E-state index contributed by atoms with van der Waals surface area (Å²) in [6, 6.07) is 25.5. The Morgan fingerprint density at radius 1 is 0.690 bits per heavy atom. The monoisotopic (exact) mass is 385 g/mol. The lowest BCUT2D eigenvalue weighted by molar-refractivity contribution is -0.00442. The molecule has 2 heteroatoms. The Kier molecular flexibility index (Phi) is 5.23. The fourth-order valence-electron chi connectivity index (χ4n) is 4.90. The molecule has 1 heterocycles. The van der Waals surface area contributed by atoms with Crippen LogP contribution >= 0.6 is 0 Å². The molecule has 29 heavy (non-hydrogen) atoms. The molecule has 4 rings (SSSR count). The van der Waals surface area contributed by atoms with Crippen LogP contribution in [-0.2, 0) is 5.60 Å². The van der Waals surface area contributed by atoms with Gasteiger partial charge in [-0.3, -0.25) is 0 Å². The molecule has 3 aromatic carbocycles. The molecular formula is C27H31NO. The summed E-state index contributed by atoms with van der Waals surface area (Å²) in [6.07, 6.45) is 1.50. The maximum absolute atomic E-state index is 11.9. The van der Waals surface area contributed by atoms with Gasteiger partial charge < -0.3 is 9.67 Å². The lowest BCUT2D eigenvalue weighted by Crippen LogP contribution is -2.31. The second-order valence-electron chi connectivity index (χ2n) is 9.11. The van der Waals surface area contributed by atoms with E-state index in [-0.39, 0.29) is 0 Å².